The first-order chi connectivity index (χ1) is 10.1. The molecule has 4 nitrogen and oxygen atoms in total. The van der Waals surface area contributed by atoms with Gasteiger partial charge in [0, 0.05) is 24.9 Å². The van der Waals surface area contributed by atoms with Crippen LogP contribution in [0, 0.1) is 17.8 Å². The molecule has 0 aliphatic heterocycles. The summed E-state index contributed by atoms with van der Waals surface area (Å²) < 4.78 is 0. The maximum Gasteiger partial charge on any atom is 0.252 e. The Morgan fingerprint density at radius 1 is 1.43 bits per heavy atom. The normalized spacial score (nSPS) is 11.7. The van der Waals surface area contributed by atoms with Crippen molar-refractivity contribution in [3.8, 4) is 11.8 Å². The smallest absolute Gasteiger partial charge is 0.252 e. The van der Waals surface area contributed by atoms with E-state index in [4.69, 9.17) is 5.11 Å². The summed E-state index contributed by atoms with van der Waals surface area (Å²) in [4.78, 5) is 16.4. The Bertz CT molecular complexity index is 513. The van der Waals surface area contributed by atoms with Crippen molar-refractivity contribution >= 4 is 5.91 Å². The van der Waals surface area contributed by atoms with Gasteiger partial charge in [0.25, 0.3) is 5.91 Å². The van der Waals surface area contributed by atoms with Crippen LogP contribution in [0.1, 0.15) is 56.0 Å². The summed E-state index contributed by atoms with van der Waals surface area (Å²) in [5.74, 6) is 6.07. The molecule has 1 aromatic heterocycles. The predicted octanol–water partition coefficient (Wildman–Crippen LogP) is 2.37. The van der Waals surface area contributed by atoms with E-state index in [0.717, 1.165) is 12.8 Å². The Morgan fingerprint density at radius 3 is 2.76 bits per heavy atom. The SMILES string of the molecule is CCC(CC)C(C)NC(=O)c1ccncc1C#CCCO. The van der Waals surface area contributed by atoms with E-state index in [9.17, 15) is 4.79 Å². The summed E-state index contributed by atoms with van der Waals surface area (Å²) in [5.41, 5.74) is 1.13. The maximum atomic E-state index is 12.4. The molecule has 4 heteroatoms. The quantitative estimate of drug-likeness (QED) is 0.790. The van der Waals surface area contributed by atoms with Crippen LogP contribution in [0.5, 0.6) is 0 Å². The Balaban J connectivity index is 2.86. The van der Waals surface area contributed by atoms with Gasteiger partial charge in [0.1, 0.15) is 0 Å². The van der Waals surface area contributed by atoms with Crippen LogP contribution in [-0.2, 0) is 0 Å². The number of carbonyl (C=O) groups is 1. The number of hydrogen-bond donors (Lipinski definition) is 2. The van der Waals surface area contributed by atoms with Gasteiger partial charge in [-0.25, -0.2) is 0 Å². The van der Waals surface area contributed by atoms with E-state index < -0.39 is 0 Å². The van der Waals surface area contributed by atoms with Crippen LogP contribution in [0.3, 0.4) is 0 Å². The van der Waals surface area contributed by atoms with Crippen molar-refractivity contribution in [3.63, 3.8) is 0 Å². The summed E-state index contributed by atoms with van der Waals surface area (Å²) in [5, 5.41) is 11.8. The Hall–Kier alpha value is -1.86. The number of aliphatic hydroxyl groups is 1. The van der Waals surface area contributed by atoms with Crippen molar-refractivity contribution in [3.05, 3.63) is 29.6 Å². The van der Waals surface area contributed by atoms with Crippen LogP contribution < -0.4 is 5.32 Å². The van der Waals surface area contributed by atoms with Crippen molar-refractivity contribution in [2.24, 2.45) is 5.92 Å². The molecule has 1 atom stereocenters. The highest BCUT2D eigenvalue weighted by molar-refractivity contribution is 5.96. The van der Waals surface area contributed by atoms with Gasteiger partial charge in [-0.1, -0.05) is 38.5 Å². The molecule has 1 rings (SSSR count). The predicted molar refractivity (Wildman–Crippen MR) is 83.8 cm³/mol. The lowest BCUT2D eigenvalue weighted by molar-refractivity contribution is 0.0925. The third-order valence-corrected chi connectivity index (χ3v) is 3.64. The van der Waals surface area contributed by atoms with Crippen LogP contribution in [-0.4, -0.2) is 28.6 Å². The first-order valence-electron chi connectivity index (χ1n) is 7.48. The van der Waals surface area contributed by atoms with E-state index in [2.05, 4.69) is 36.0 Å². The summed E-state index contributed by atoms with van der Waals surface area (Å²) >= 11 is 0. The highest BCUT2D eigenvalue weighted by atomic mass is 16.2. The molecule has 0 spiro atoms. The van der Waals surface area contributed by atoms with E-state index >= 15 is 0 Å². The van der Waals surface area contributed by atoms with E-state index in [0.29, 0.717) is 23.5 Å². The summed E-state index contributed by atoms with van der Waals surface area (Å²) in [6, 6.07) is 1.80. The molecule has 0 aliphatic carbocycles. The fourth-order valence-electron chi connectivity index (χ4n) is 2.30. The van der Waals surface area contributed by atoms with Gasteiger partial charge in [0.2, 0.25) is 0 Å². The highest BCUT2D eigenvalue weighted by Gasteiger charge is 2.18. The molecular formula is C17H24N2O2. The molecule has 0 radical (unpaired) electrons. The molecule has 1 amide bonds. The number of nitrogens with one attached hydrogen (secondary N) is 1. The number of rotatable bonds is 6. The van der Waals surface area contributed by atoms with E-state index in [1.165, 1.54) is 0 Å². The molecule has 0 bridgehead atoms. The van der Waals surface area contributed by atoms with Crippen molar-refractivity contribution in [1.29, 1.82) is 0 Å². The average molecular weight is 288 g/mol. The highest BCUT2D eigenvalue weighted by Crippen LogP contribution is 2.14. The van der Waals surface area contributed by atoms with Crippen molar-refractivity contribution in [2.45, 2.75) is 46.1 Å². The topological polar surface area (TPSA) is 62.2 Å². The van der Waals surface area contributed by atoms with Crippen LogP contribution in [0.2, 0.25) is 0 Å². The van der Waals surface area contributed by atoms with Crippen LogP contribution in [0.4, 0.5) is 0 Å². The summed E-state index contributed by atoms with van der Waals surface area (Å²) in [6.45, 7) is 6.32. The van der Waals surface area contributed by atoms with Crippen LogP contribution in [0.15, 0.2) is 18.5 Å². The lowest BCUT2D eigenvalue weighted by Crippen LogP contribution is -2.38. The number of aromatic nitrogens is 1. The summed E-state index contributed by atoms with van der Waals surface area (Å²) in [6.07, 6.45) is 5.64. The van der Waals surface area contributed by atoms with Gasteiger partial charge in [-0.15, -0.1) is 0 Å². The molecule has 1 unspecified atom stereocenters. The van der Waals surface area contributed by atoms with Crippen LogP contribution in [0.25, 0.3) is 0 Å². The van der Waals surface area contributed by atoms with Gasteiger partial charge in [-0.3, -0.25) is 9.78 Å². The molecule has 0 fully saturated rings. The van der Waals surface area contributed by atoms with Crippen molar-refractivity contribution in [2.75, 3.05) is 6.61 Å². The van der Waals surface area contributed by atoms with Gasteiger partial charge in [0.15, 0.2) is 0 Å². The second-order valence-electron chi connectivity index (χ2n) is 5.04. The van der Waals surface area contributed by atoms with Gasteiger partial charge in [-0.05, 0) is 18.9 Å². The molecule has 21 heavy (non-hydrogen) atoms. The third-order valence-electron chi connectivity index (χ3n) is 3.64. The zero-order valence-electron chi connectivity index (χ0n) is 13.0. The maximum absolute atomic E-state index is 12.4. The molecule has 0 aromatic carbocycles. The van der Waals surface area contributed by atoms with E-state index in [1.54, 1.807) is 18.5 Å². The van der Waals surface area contributed by atoms with Gasteiger partial charge in [-0.2, -0.15) is 0 Å². The largest absolute Gasteiger partial charge is 0.395 e. The third kappa shape index (κ3) is 5.20. The first kappa shape index (κ1) is 17.2. The van der Waals surface area contributed by atoms with Gasteiger partial charge >= 0.3 is 0 Å². The van der Waals surface area contributed by atoms with Crippen molar-refractivity contribution < 1.29 is 9.90 Å². The van der Waals surface area contributed by atoms with Crippen molar-refractivity contribution in [1.82, 2.24) is 10.3 Å². The molecule has 0 aliphatic rings. The first-order valence-corrected chi connectivity index (χ1v) is 7.48. The minimum Gasteiger partial charge on any atom is -0.395 e. The molecule has 1 aromatic rings. The zero-order valence-corrected chi connectivity index (χ0v) is 13.0. The van der Waals surface area contributed by atoms with Gasteiger partial charge in [0.05, 0.1) is 17.7 Å². The monoisotopic (exact) mass is 288 g/mol. The lowest BCUT2D eigenvalue weighted by atomic mass is 9.95. The fraction of sp³-hybridized carbons (Fsp3) is 0.529. The van der Waals surface area contributed by atoms with E-state index in [1.807, 2.05) is 6.92 Å². The minimum absolute atomic E-state index is 0.0144. The van der Waals surface area contributed by atoms with E-state index in [-0.39, 0.29) is 18.6 Å². The fourth-order valence-corrected chi connectivity index (χ4v) is 2.30. The molecule has 114 valence electrons. The number of pyridine rings is 1. The molecular weight excluding hydrogens is 264 g/mol. The Kier molecular flexibility index (Phi) is 7.49. The number of nitrogens with zero attached hydrogens (tertiary/aromatic N) is 1. The average Bonchev–Trinajstić information content (AvgIpc) is 2.49. The van der Waals surface area contributed by atoms with Gasteiger partial charge < -0.3 is 10.4 Å². The molecule has 0 saturated carbocycles. The second-order valence-corrected chi connectivity index (χ2v) is 5.04. The number of hydrogen-bond acceptors (Lipinski definition) is 3. The number of carbonyl (C=O) groups excluding carboxylic acids is 1. The summed E-state index contributed by atoms with van der Waals surface area (Å²) in [7, 11) is 0. The molecule has 0 saturated heterocycles. The Morgan fingerprint density at radius 2 is 2.14 bits per heavy atom. The second kappa shape index (κ2) is 9.15. The van der Waals surface area contributed by atoms with Crippen LogP contribution >= 0.6 is 0 Å². The number of amides is 1. The molecule has 2 N–H and O–H groups in total. The zero-order chi connectivity index (χ0) is 15.7. The standard InChI is InChI=1S/C17H24N2O2/c1-4-14(5-2)13(3)19-17(21)16-9-10-18-12-15(16)8-6-7-11-20/h9-10,12-14,20H,4-5,7,11H2,1-3H3,(H,19,21). The lowest BCUT2D eigenvalue weighted by Gasteiger charge is -2.22. The molecule has 1 heterocycles. The minimum atomic E-state index is -0.120. The number of aliphatic hydroxyl groups excluding tert-OH is 1. The Labute approximate surface area is 127 Å².